The Morgan fingerprint density at radius 2 is 1.86 bits per heavy atom. The van der Waals surface area contributed by atoms with Gasteiger partial charge in [0, 0.05) is 5.56 Å². The lowest BCUT2D eigenvalue weighted by atomic mass is 10.1. The number of hydrogen-bond donors (Lipinski definition) is 1. The Morgan fingerprint density at radius 1 is 1.29 bits per heavy atom. The number of hydrogen-bond acceptors (Lipinski definition) is 2. The van der Waals surface area contributed by atoms with Crippen LogP contribution in [0.4, 0.5) is 8.78 Å². The average molecular weight is 265 g/mol. The van der Waals surface area contributed by atoms with Crippen LogP contribution in [0.25, 0.3) is 0 Å². The fourth-order valence-corrected chi connectivity index (χ4v) is 1.25. The molecule has 6 heteroatoms. The van der Waals surface area contributed by atoms with Crippen LogP contribution in [0.1, 0.15) is 10.4 Å². The van der Waals surface area contributed by atoms with E-state index in [2.05, 4.69) is 15.9 Å². The van der Waals surface area contributed by atoms with Gasteiger partial charge >= 0.3 is 5.97 Å². The SMILES string of the molecule is O=C(O)C(=O)c1cc(F)c(F)c(Br)c1. The maximum absolute atomic E-state index is 12.7. The highest BCUT2D eigenvalue weighted by atomic mass is 79.9. The van der Waals surface area contributed by atoms with E-state index in [-0.39, 0.29) is 4.47 Å². The molecule has 14 heavy (non-hydrogen) atoms. The molecule has 3 nitrogen and oxygen atoms in total. The third-order valence-corrected chi connectivity index (χ3v) is 2.02. The largest absolute Gasteiger partial charge is 0.475 e. The van der Waals surface area contributed by atoms with Gasteiger partial charge in [0.15, 0.2) is 11.6 Å². The Balaban J connectivity index is 3.26. The highest BCUT2D eigenvalue weighted by Gasteiger charge is 2.18. The summed E-state index contributed by atoms with van der Waals surface area (Å²) in [6, 6.07) is 1.45. The molecule has 74 valence electrons. The summed E-state index contributed by atoms with van der Waals surface area (Å²) in [6.07, 6.45) is 0. The molecule has 0 aromatic heterocycles. The summed E-state index contributed by atoms with van der Waals surface area (Å²) >= 11 is 2.65. The molecule has 0 unspecified atom stereocenters. The van der Waals surface area contributed by atoms with Crippen molar-refractivity contribution >= 4 is 27.7 Å². The number of aliphatic carboxylic acids is 1. The average Bonchev–Trinajstić information content (AvgIpc) is 2.12. The summed E-state index contributed by atoms with van der Waals surface area (Å²) in [5.41, 5.74) is -0.414. The standard InChI is InChI=1S/C8H3BrF2O3/c9-4-1-3(7(12)8(13)14)2-5(10)6(4)11/h1-2H,(H,13,14). The first-order chi connectivity index (χ1) is 6.43. The molecule has 0 heterocycles. The Hall–Kier alpha value is -1.30. The van der Waals surface area contributed by atoms with Gasteiger partial charge in [-0.05, 0) is 28.1 Å². The van der Waals surface area contributed by atoms with E-state index >= 15 is 0 Å². The van der Waals surface area contributed by atoms with Crippen LogP contribution < -0.4 is 0 Å². The van der Waals surface area contributed by atoms with Crippen LogP contribution in [-0.2, 0) is 4.79 Å². The van der Waals surface area contributed by atoms with Crippen LogP contribution in [0.2, 0.25) is 0 Å². The van der Waals surface area contributed by atoms with E-state index in [1.165, 1.54) is 0 Å². The van der Waals surface area contributed by atoms with Gasteiger partial charge in [-0.2, -0.15) is 0 Å². The maximum atomic E-state index is 12.7. The van der Waals surface area contributed by atoms with E-state index in [4.69, 9.17) is 5.11 Å². The maximum Gasteiger partial charge on any atom is 0.377 e. The Labute approximate surface area is 85.5 Å². The van der Waals surface area contributed by atoms with Crippen LogP contribution in [0.15, 0.2) is 16.6 Å². The lowest BCUT2D eigenvalue weighted by Crippen LogP contribution is -2.13. The molecule has 0 spiro atoms. The van der Waals surface area contributed by atoms with Crippen molar-refractivity contribution in [2.75, 3.05) is 0 Å². The predicted octanol–water partition coefficient (Wildman–Crippen LogP) is 1.99. The summed E-state index contributed by atoms with van der Waals surface area (Å²) in [4.78, 5) is 21.1. The second-order valence-corrected chi connectivity index (χ2v) is 3.24. The van der Waals surface area contributed by atoms with E-state index in [9.17, 15) is 18.4 Å². The first-order valence-electron chi connectivity index (χ1n) is 3.35. The number of rotatable bonds is 2. The zero-order valence-corrected chi connectivity index (χ0v) is 8.14. The van der Waals surface area contributed by atoms with Crippen LogP contribution in [0.3, 0.4) is 0 Å². The highest BCUT2D eigenvalue weighted by Crippen LogP contribution is 2.20. The summed E-state index contributed by atoms with van der Waals surface area (Å²) in [5.74, 6) is -5.44. The molecule has 0 bridgehead atoms. The minimum Gasteiger partial charge on any atom is -0.475 e. The predicted molar refractivity (Wildman–Crippen MR) is 46.0 cm³/mol. The van der Waals surface area contributed by atoms with Crippen molar-refractivity contribution in [3.05, 3.63) is 33.8 Å². The van der Waals surface area contributed by atoms with Crippen molar-refractivity contribution in [3.63, 3.8) is 0 Å². The molecule has 1 aromatic carbocycles. The Bertz CT molecular complexity index is 394. The number of ketones is 1. The molecule has 0 aliphatic rings. The molecule has 0 aliphatic heterocycles. The molecule has 0 atom stereocenters. The Morgan fingerprint density at radius 3 is 2.29 bits per heavy atom. The zero-order chi connectivity index (χ0) is 10.9. The van der Waals surface area contributed by atoms with Gasteiger partial charge in [-0.1, -0.05) is 0 Å². The number of carboxylic acids is 1. The number of benzene rings is 1. The molecule has 0 saturated heterocycles. The van der Waals surface area contributed by atoms with Gasteiger partial charge in [-0.25, -0.2) is 13.6 Å². The molecule has 0 saturated carbocycles. The lowest BCUT2D eigenvalue weighted by molar-refractivity contribution is -0.131. The second-order valence-electron chi connectivity index (χ2n) is 2.39. The number of carbonyl (C=O) groups is 2. The van der Waals surface area contributed by atoms with Gasteiger partial charge in [0.2, 0.25) is 0 Å². The monoisotopic (exact) mass is 264 g/mol. The summed E-state index contributed by atoms with van der Waals surface area (Å²) in [5, 5.41) is 8.31. The minimum atomic E-state index is -1.72. The van der Waals surface area contributed by atoms with Crippen molar-refractivity contribution in [2.45, 2.75) is 0 Å². The molecular weight excluding hydrogens is 262 g/mol. The van der Waals surface area contributed by atoms with Crippen LogP contribution in [0.5, 0.6) is 0 Å². The van der Waals surface area contributed by atoms with Crippen LogP contribution in [0, 0.1) is 11.6 Å². The van der Waals surface area contributed by atoms with E-state index in [1.54, 1.807) is 0 Å². The van der Waals surface area contributed by atoms with Crippen LogP contribution >= 0.6 is 15.9 Å². The van der Waals surface area contributed by atoms with E-state index < -0.39 is 29.0 Å². The zero-order valence-electron chi connectivity index (χ0n) is 6.55. The molecular formula is C8H3BrF2O3. The van der Waals surface area contributed by atoms with Crippen molar-refractivity contribution in [2.24, 2.45) is 0 Å². The first kappa shape index (κ1) is 10.8. The van der Waals surface area contributed by atoms with Gasteiger partial charge < -0.3 is 5.11 Å². The molecule has 0 aliphatic carbocycles. The second kappa shape index (κ2) is 3.83. The van der Waals surface area contributed by atoms with E-state index in [0.29, 0.717) is 6.07 Å². The molecule has 1 aromatic rings. The number of carboxylic acid groups (broad SMARTS) is 1. The van der Waals surface area contributed by atoms with Gasteiger partial charge in [0.25, 0.3) is 5.78 Å². The number of carbonyl (C=O) groups excluding carboxylic acids is 1. The first-order valence-corrected chi connectivity index (χ1v) is 4.15. The number of Topliss-reactive ketones (excluding diaryl/α,β-unsaturated/α-hetero) is 1. The number of halogens is 3. The highest BCUT2D eigenvalue weighted by molar-refractivity contribution is 9.10. The third-order valence-electron chi connectivity index (χ3n) is 1.44. The molecule has 0 amide bonds. The van der Waals surface area contributed by atoms with Gasteiger partial charge in [0.05, 0.1) is 4.47 Å². The van der Waals surface area contributed by atoms with Crippen molar-refractivity contribution < 1.29 is 23.5 Å². The smallest absolute Gasteiger partial charge is 0.377 e. The van der Waals surface area contributed by atoms with Gasteiger partial charge in [-0.15, -0.1) is 0 Å². The quantitative estimate of drug-likeness (QED) is 0.505. The summed E-state index contributed by atoms with van der Waals surface area (Å²) in [6.45, 7) is 0. The minimum absolute atomic E-state index is 0.290. The molecule has 0 fully saturated rings. The van der Waals surface area contributed by atoms with Crippen molar-refractivity contribution in [1.82, 2.24) is 0 Å². The summed E-state index contributed by atoms with van der Waals surface area (Å²) < 4.78 is 25.1. The molecule has 0 radical (unpaired) electrons. The molecule has 1 rings (SSSR count). The van der Waals surface area contributed by atoms with Crippen LogP contribution in [-0.4, -0.2) is 16.9 Å². The normalized spacial score (nSPS) is 9.93. The lowest BCUT2D eigenvalue weighted by Gasteiger charge is -1.99. The van der Waals surface area contributed by atoms with E-state index in [0.717, 1.165) is 6.07 Å². The third kappa shape index (κ3) is 1.95. The van der Waals surface area contributed by atoms with Crippen molar-refractivity contribution in [3.8, 4) is 0 Å². The topological polar surface area (TPSA) is 54.4 Å². The van der Waals surface area contributed by atoms with Gasteiger partial charge in [0.1, 0.15) is 0 Å². The van der Waals surface area contributed by atoms with Crippen molar-refractivity contribution in [1.29, 1.82) is 0 Å². The fourth-order valence-electron chi connectivity index (χ4n) is 0.810. The molecule has 1 N–H and O–H groups in total. The summed E-state index contributed by atoms with van der Waals surface area (Å²) in [7, 11) is 0. The van der Waals surface area contributed by atoms with E-state index in [1.807, 2.05) is 0 Å². The van der Waals surface area contributed by atoms with Gasteiger partial charge in [-0.3, -0.25) is 4.79 Å². The fraction of sp³-hybridized carbons (Fsp3) is 0. The Kier molecular flexibility index (Phi) is 2.95.